The van der Waals surface area contributed by atoms with Crippen LogP contribution in [-0.2, 0) is 12.6 Å². The van der Waals surface area contributed by atoms with Crippen molar-refractivity contribution in [2.24, 2.45) is 0 Å². The zero-order valence-electron chi connectivity index (χ0n) is 10.6. The molecule has 1 aromatic carbocycles. The van der Waals surface area contributed by atoms with Crippen molar-refractivity contribution in [3.63, 3.8) is 0 Å². The molecule has 0 radical (unpaired) electrons. The molecule has 0 spiro atoms. The molecule has 2 rings (SSSR count). The summed E-state index contributed by atoms with van der Waals surface area (Å²) in [5, 5.41) is 15.7. The van der Waals surface area contributed by atoms with E-state index < -0.39 is 34.9 Å². The second-order valence-corrected chi connectivity index (χ2v) is 4.12. The van der Waals surface area contributed by atoms with E-state index in [0.29, 0.717) is 18.2 Å². The molecule has 1 N–H and O–H groups in total. The number of halogens is 4. The molecule has 1 aromatic heterocycles. The van der Waals surface area contributed by atoms with Gasteiger partial charge in [0.05, 0.1) is 11.3 Å². The van der Waals surface area contributed by atoms with E-state index in [-0.39, 0.29) is 12.1 Å². The van der Waals surface area contributed by atoms with Crippen molar-refractivity contribution in [3.05, 3.63) is 41.0 Å². The van der Waals surface area contributed by atoms with E-state index in [2.05, 4.69) is 10.3 Å². The molecule has 2 aromatic rings. The molecule has 0 atom stereocenters. The second-order valence-electron chi connectivity index (χ2n) is 4.12. The summed E-state index contributed by atoms with van der Waals surface area (Å²) < 4.78 is 52.5. The van der Waals surface area contributed by atoms with E-state index in [4.69, 9.17) is 5.11 Å². The van der Waals surface area contributed by atoms with Crippen LogP contribution in [0, 0.1) is 5.82 Å². The minimum Gasteiger partial charge on any atom is -0.476 e. The van der Waals surface area contributed by atoms with Crippen LogP contribution in [0.1, 0.15) is 28.7 Å². The molecule has 112 valence electrons. The van der Waals surface area contributed by atoms with Gasteiger partial charge in [-0.15, -0.1) is 5.10 Å². The molecule has 0 bridgehead atoms. The van der Waals surface area contributed by atoms with Crippen LogP contribution >= 0.6 is 0 Å². The van der Waals surface area contributed by atoms with Crippen molar-refractivity contribution in [2.75, 3.05) is 0 Å². The van der Waals surface area contributed by atoms with E-state index in [9.17, 15) is 22.4 Å². The Morgan fingerprint density at radius 2 is 2.05 bits per heavy atom. The third-order valence-electron chi connectivity index (χ3n) is 2.80. The van der Waals surface area contributed by atoms with Crippen molar-refractivity contribution in [1.82, 2.24) is 15.0 Å². The van der Waals surface area contributed by atoms with Crippen molar-refractivity contribution < 1.29 is 27.5 Å². The Bertz CT molecular complexity index is 694. The van der Waals surface area contributed by atoms with Gasteiger partial charge in [0.25, 0.3) is 0 Å². The molecule has 21 heavy (non-hydrogen) atoms. The number of aromatic nitrogens is 3. The van der Waals surface area contributed by atoms with Crippen LogP contribution in [0.5, 0.6) is 0 Å². The number of carboxylic acid groups (broad SMARTS) is 1. The van der Waals surface area contributed by atoms with Gasteiger partial charge in [-0.05, 0) is 24.6 Å². The first-order valence-corrected chi connectivity index (χ1v) is 5.80. The molecule has 5 nitrogen and oxygen atoms in total. The fraction of sp³-hybridized carbons (Fsp3) is 0.250. The first-order valence-electron chi connectivity index (χ1n) is 5.80. The van der Waals surface area contributed by atoms with Gasteiger partial charge in [0.2, 0.25) is 0 Å². The normalized spacial score (nSPS) is 11.7. The van der Waals surface area contributed by atoms with Crippen LogP contribution in [0.3, 0.4) is 0 Å². The zero-order valence-corrected chi connectivity index (χ0v) is 10.6. The van der Waals surface area contributed by atoms with Crippen molar-refractivity contribution in [2.45, 2.75) is 19.5 Å². The van der Waals surface area contributed by atoms with E-state index in [1.54, 1.807) is 6.92 Å². The Balaban J connectivity index is 2.64. The van der Waals surface area contributed by atoms with Gasteiger partial charge in [0, 0.05) is 0 Å². The molecule has 9 heteroatoms. The summed E-state index contributed by atoms with van der Waals surface area (Å²) >= 11 is 0. The van der Waals surface area contributed by atoms with Crippen LogP contribution in [0.25, 0.3) is 5.69 Å². The first kappa shape index (κ1) is 14.9. The van der Waals surface area contributed by atoms with Gasteiger partial charge >= 0.3 is 12.1 Å². The monoisotopic (exact) mass is 303 g/mol. The maximum Gasteiger partial charge on any atom is 0.416 e. The molecule has 0 unspecified atom stereocenters. The lowest BCUT2D eigenvalue weighted by Crippen LogP contribution is -2.10. The summed E-state index contributed by atoms with van der Waals surface area (Å²) in [6, 6.07) is 1.81. The maximum absolute atomic E-state index is 13.8. The topological polar surface area (TPSA) is 68.0 Å². The number of alkyl halides is 3. The minimum atomic E-state index is -4.65. The number of hydrogen-bond donors (Lipinski definition) is 1. The largest absolute Gasteiger partial charge is 0.476 e. The van der Waals surface area contributed by atoms with Gasteiger partial charge in [-0.3, -0.25) is 0 Å². The number of rotatable bonds is 3. The maximum atomic E-state index is 13.8. The Kier molecular flexibility index (Phi) is 3.67. The van der Waals surface area contributed by atoms with Crippen molar-refractivity contribution in [3.8, 4) is 5.69 Å². The van der Waals surface area contributed by atoms with Gasteiger partial charge in [0.1, 0.15) is 11.5 Å². The molecular formula is C12H9F4N3O2. The Hall–Kier alpha value is -2.45. The number of carbonyl (C=O) groups is 1. The molecule has 0 saturated heterocycles. The third-order valence-corrected chi connectivity index (χ3v) is 2.80. The standard InChI is InChI=1S/C12H9F4N3O2/c1-2-8-10(11(20)21)17-18-19(8)9-5-6(12(14,15)16)3-4-7(9)13/h3-5H,2H2,1H3,(H,20,21). The summed E-state index contributed by atoms with van der Waals surface area (Å²) in [6.45, 7) is 1.56. The highest BCUT2D eigenvalue weighted by molar-refractivity contribution is 5.86. The fourth-order valence-corrected chi connectivity index (χ4v) is 1.83. The van der Waals surface area contributed by atoms with Crippen LogP contribution < -0.4 is 0 Å². The fourth-order valence-electron chi connectivity index (χ4n) is 1.83. The smallest absolute Gasteiger partial charge is 0.416 e. The molecule has 0 aliphatic rings. The number of aromatic carboxylic acids is 1. The zero-order chi connectivity index (χ0) is 15.8. The molecule has 1 heterocycles. The average molecular weight is 303 g/mol. The lowest BCUT2D eigenvalue weighted by molar-refractivity contribution is -0.137. The second kappa shape index (κ2) is 5.15. The average Bonchev–Trinajstić information content (AvgIpc) is 2.81. The SMILES string of the molecule is CCc1c(C(=O)O)nnn1-c1cc(C(F)(F)F)ccc1F. The van der Waals surface area contributed by atoms with E-state index in [0.717, 1.165) is 4.68 Å². The summed E-state index contributed by atoms with van der Waals surface area (Å²) in [6.07, 6.45) is -4.53. The van der Waals surface area contributed by atoms with Gasteiger partial charge in [-0.2, -0.15) is 13.2 Å². The number of carboxylic acids is 1. The predicted molar refractivity (Wildman–Crippen MR) is 62.7 cm³/mol. The molecule has 0 amide bonds. The Morgan fingerprint density at radius 3 is 2.57 bits per heavy atom. The van der Waals surface area contributed by atoms with E-state index >= 15 is 0 Å². The highest BCUT2D eigenvalue weighted by Crippen LogP contribution is 2.31. The van der Waals surface area contributed by atoms with Gasteiger partial charge in [-0.25, -0.2) is 13.9 Å². The minimum absolute atomic E-state index is 0.0146. The van der Waals surface area contributed by atoms with E-state index in [1.165, 1.54) is 0 Å². The number of hydrogen-bond acceptors (Lipinski definition) is 3. The van der Waals surface area contributed by atoms with Crippen LogP contribution in [-0.4, -0.2) is 26.1 Å². The van der Waals surface area contributed by atoms with E-state index in [1.807, 2.05) is 0 Å². The lowest BCUT2D eigenvalue weighted by atomic mass is 10.1. The molecule has 0 aliphatic heterocycles. The van der Waals surface area contributed by atoms with Crippen LogP contribution in [0.2, 0.25) is 0 Å². The van der Waals surface area contributed by atoms with Crippen molar-refractivity contribution in [1.29, 1.82) is 0 Å². The van der Waals surface area contributed by atoms with Gasteiger partial charge < -0.3 is 5.11 Å². The quantitative estimate of drug-likeness (QED) is 0.885. The Labute approximate surface area is 115 Å². The summed E-state index contributed by atoms with van der Waals surface area (Å²) in [5.41, 5.74) is -1.97. The Morgan fingerprint density at radius 1 is 1.38 bits per heavy atom. The summed E-state index contributed by atoms with van der Waals surface area (Å²) in [5.74, 6) is -2.34. The number of nitrogens with zero attached hydrogens (tertiary/aromatic N) is 3. The van der Waals surface area contributed by atoms with Crippen LogP contribution in [0.15, 0.2) is 18.2 Å². The molecule has 0 saturated carbocycles. The van der Waals surface area contributed by atoms with Crippen molar-refractivity contribution >= 4 is 5.97 Å². The highest BCUT2D eigenvalue weighted by Gasteiger charge is 2.32. The van der Waals surface area contributed by atoms with Crippen LogP contribution in [0.4, 0.5) is 17.6 Å². The summed E-state index contributed by atoms with van der Waals surface area (Å²) in [7, 11) is 0. The third kappa shape index (κ3) is 2.71. The number of benzene rings is 1. The summed E-state index contributed by atoms with van der Waals surface area (Å²) in [4.78, 5) is 10.9. The highest BCUT2D eigenvalue weighted by atomic mass is 19.4. The molecule has 0 fully saturated rings. The predicted octanol–water partition coefficient (Wildman–Crippen LogP) is 2.69. The molecule has 0 aliphatic carbocycles. The molecular weight excluding hydrogens is 294 g/mol. The lowest BCUT2D eigenvalue weighted by Gasteiger charge is -2.11. The van der Waals surface area contributed by atoms with Gasteiger partial charge in [0.15, 0.2) is 5.69 Å². The van der Waals surface area contributed by atoms with Gasteiger partial charge in [-0.1, -0.05) is 12.1 Å². The first-order chi connectivity index (χ1) is 9.75.